The van der Waals surface area contributed by atoms with Crippen molar-refractivity contribution in [2.45, 2.75) is 58.6 Å². The van der Waals surface area contributed by atoms with Crippen molar-refractivity contribution in [2.75, 3.05) is 0 Å². The van der Waals surface area contributed by atoms with Crippen LogP contribution < -0.4 is 5.73 Å². The van der Waals surface area contributed by atoms with Gasteiger partial charge in [0.2, 0.25) is 0 Å². The number of hydrogen-bond donors (Lipinski definition) is 2. The largest absolute Gasteiger partial charge is 0.391 e. The molecule has 2 heteroatoms. The summed E-state index contributed by atoms with van der Waals surface area (Å²) in [6, 6.07) is -0.00291. The lowest BCUT2D eigenvalue weighted by atomic mass is 9.75. The molecule has 0 spiro atoms. The van der Waals surface area contributed by atoms with Crippen LogP contribution in [-0.4, -0.2) is 17.3 Å². The average molecular weight is 185 g/mol. The summed E-state index contributed by atoms with van der Waals surface area (Å²) in [7, 11) is 0. The minimum Gasteiger partial charge on any atom is -0.391 e. The van der Waals surface area contributed by atoms with Gasteiger partial charge in [-0.3, -0.25) is 0 Å². The van der Waals surface area contributed by atoms with E-state index in [1.807, 2.05) is 0 Å². The first kappa shape index (κ1) is 11.0. The van der Waals surface area contributed by atoms with Crippen LogP contribution in [0.25, 0.3) is 0 Å². The lowest BCUT2D eigenvalue weighted by molar-refractivity contribution is 0.0279. The van der Waals surface area contributed by atoms with E-state index in [2.05, 4.69) is 20.8 Å². The van der Waals surface area contributed by atoms with Gasteiger partial charge in [-0.15, -0.1) is 0 Å². The molecule has 1 saturated carbocycles. The molecule has 1 aliphatic carbocycles. The molecule has 0 bridgehead atoms. The van der Waals surface area contributed by atoms with Crippen LogP contribution in [0, 0.1) is 11.3 Å². The summed E-state index contributed by atoms with van der Waals surface area (Å²) in [6.07, 6.45) is 4.18. The Labute approximate surface area is 81.5 Å². The molecule has 1 fully saturated rings. The Morgan fingerprint density at radius 3 is 2.54 bits per heavy atom. The van der Waals surface area contributed by atoms with Gasteiger partial charge in [-0.2, -0.15) is 0 Å². The van der Waals surface area contributed by atoms with Crippen LogP contribution in [0.1, 0.15) is 46.5 Å². The minimum atomic E-state index is -0.297. The molecule has 1 rings (SSSR count). The Balaban J connectivity index is 2.63. The third-order valence-corrected chi connectivity index (χ3v) is 3.90. The highest BCUT2D eigenvalue weighted by molar-refractivity contribution is 4.99. The van der Waals surface area contributed by atoms with Crippen molar-refractivity contribution in [1.82, 2.24) is 0 Å². The molecule has 4 atom stereocenters. The van der Waals surface area contributed by atoms with E-state index in [-0.39, 0.29) is 17.6 Å². The molecule has 0 aliphatic heterocycles. The topological polar surface area (TPSA) is 46.2 Å². The number of hydrogen-bond acceptors (Lipinski definition) is 2. The molecule has 2 nitrogen and oxygen atoms in total. The van der Waals surface area contributed by atoms with Crippen LogP contribution in [0.2, 0.25) is 0 Å². The molecule has 13 heavy (non-hydrogen) atoms. The molecule has 0 saturated heterocycles. The van der Waals surface area contributed by atoms with E-state index in [4.69, 9.17) is 5.73 Å². The lowest BCUT2D eigenvalue weighted by Gasteiger charge is -2.33. The van der Waals surface area contributed by atoms with Crippen LogP contribution in [0.5, 0.6) is 0 Å². The van der Waals surface area contributed by atoms with Gasteiger partial charge in [0.25, 0.3) is 0 Å². The summed E-state index contributed by atoms with van der Waals surface area (Å²) in [4.78, 5) is 0. The average Bonchev–Trinajstić information content (AvgIpc) is 2.28. The molecule has 0 aromatic carbocycles. The minimum absolute atomic E-state index is 0.00291. The summed E-state index contributed by atoms with van der Waals surface area (Å²) < 4.78 is 0. The van der Waals surface area contributed by atoms with Crippen LogP contribution >= 0.6 is 0 Å². The van der Waals surface area contributed by atoms with Gasteiger partial charge >= 0.3 is 0 Å². The van der Waals surface area contributed by atoms with E-state index >= 15 is 0 Å². The van der Waals surface area contributed by atoms with Crippen molar-refractivity contribution in [3.63, 3.8) is 0 Å². The third-order valence-electron chi connectivity index (χ3n) is 3.90. The number of aliphatic hydroxyl groups excluding tert-OH is 1. The van der Waals surface area contributed by atoms with Crippen molar-refractivity contribution < 1.29 is 5.11 Å². The Hall–Kier alpha value is -0.0800. The van der Waals surface area contributed by atoms with Crippen molar-refractivity contribution in [2.24, 2.45) is 17.1 Å². The maximum absolute atomic E-state index is 9.99. The van der Waals surface area contributed by atoms with Crippen LogP contribution in [-0.2, 0) is 0 Å². The predicted octanol–water partition coefficient (Wildman–Crippen LogP) is 1.91. The zero-order valence-electron chi connectivity index (χ0n) is 9.09. The number of unbranched alkanes of at least 4 members (excludes halogenated alkanes) is 1. The van der Waals surface area contributed by atoms with Crippen LogP contribution in [0.4, 0.5) is 0 Å². The highest BCUT2D eigenvalue weighted by Gasteiger charge is 2.47. The first-order chi connectivity index (χ1) is 6.02. The predicted molar refractivity (Wildman–Crippen MR) is 55.4 cm³/mol. The van der Waals surface area contributed by atoms with E-state index < -0.39 is 0 Å². The van der Waals surface area contributed by atoms with Gasteiger partial charge in [0.05, 0.1) is 6.10 Å². The SMILES string of the molecule is CCCC[C@@]1(C)C(C)C[C@H](N)[C@H]1O. The molecular formula is C11H23NO. The molecule has 1 aliphatic rings. The number of nitrogens with two attached hydrogens (primary N) is 1. The molecule has 1 unspecified atom stereocenters. The maximum atomic E-state index is 9.99. The highest BCUT2D eigenvalue weighted by atomic mass is 16.3. The fraction of sp³-hybridized carbons (Fsp3) is 1.00. The Bertz CT molecular complexity index is 171. The van der Waals surface area contributed by atoms with Crippen LogP contribution in [0.3, 0.4) is 0 Å². The second kappa shape index (κ2) is 3.97. The Morgan fingerprint density at radius 2 is 2.15 bits per heavy atom. The first-order valence-corrected chi connectivity index (χ1v) is 5.46. The zero-order chi connectivity index (χ0) is 10.1. The molecule has 3 N–H and O–H groups in total. The molecule has 0 aromatic rings. The van der Waals surface area contributed by atoms with Gasteiger partial charge in [0.1, 0.15) is 0 Å². The molecule has 0 heterocycles. The quantitative estimate of drug-likeness (QED) is 0.705. The van der Waals surface area contributed by atoms with Gasteiger partial charge in [-0.05, 0) is 24.2 Å². The normalized spacial score (nSPS) is 45.5. The summed E-state index contributed by atoms with van der Waals surface area (Å²) in [5.74, 6) is 0.559. The van der Waals surface area contributed by atoms with Gasteiger partial charge < -0.3 is 10.8 Å². The van der Waals surface area contributed by atoms with Gasteiger partial charge in [-0.25, -0.2) is 0 Å². The fourth-order valence-corrected chi connectivity index (χ4v) is 2.54. The zero-order valence-corrected chi connectivity index (χ0v) is 9.09. The molecule has 78 valence electrons. The smallest absolute Gasteiger partial charge is 0.0747 e. The second-order valence-corrected chi connectivity index (χ2v) is 4.85. The lowest BCUT2D eigenvalue weighted by Crippen LogP contribution is -2.39. The summed E-state index contributed by atoms with van der Waals surface area (Å²) in [5, 5.41) is 9.99. The maximum Gasteiger partial charge on any atom is 0.0747 e. The van der Waals surface area contributed by atoms with E-state index in [1.165, 1.54) is 12.8 Å². The van der Waals surface area contributed by atoms with E-state index in [0.29, 0.717) is 5.92 Å². The van der Waals surface area contributed by atoms with Crippen molar-refractivity contribution in [3.05, 3.63) is 0 Å². The van der Waals surface area contributed by atoms with Crippen molar-refractivity contribution in [3.8, 4) is 0 Å². The van der Waals surface area contributed by atoms with Gasteiger partial charge in [0, 0.05) is 6.04 Å². The molecule has 0 aromatic heterocycles. The second-order valence-electron chi connectivity index (χ2n) is 4.85. The van der Waals surface area contributed by atoms with Gasteiger partial charge in [-0.1, -0.05) is 33.6 Å². The Morgan fingerprint density at radius 1 is 1.54 bits per heavy atom. The summed E-state index contributed by atoms with van der Waals surface area (Å²) in [5.41, 5.74) is 5.93. The van der Waals surface area contributed by atoms with Gasteiger partial charge in [0.15, 0.2) is 0 Å². The summed E-state index contributed by atoms with van der Waals surface area (Å²) >= 11 is 0. The number of aliphatic hydroxyl groups is 1. The van der Waals surface area contributed by atoms with Crippen LogP contribution in [0.15, 0.2) is 0 Å². The summed E-state index contributed by atoms with van der Waals surface area (Å²) in [6.45, 7) is 6.59. The monoisotopic (exact) mass is 185 g/mol. The van der Waals surface area contributed by atoms with E-state index in [9.17, 15) is 5.11 Å². The fourth-order valence-electron chi connectivity index (χ4n) is 2.54. The van der Waals surface area contributed by atoms with E-state index in [0.717, 1.165) is 12.8 Å². The molecular weight excluding hydrogens is 162 g/mol. The van der Waals surface area contributed by atoms with E-state index in [1.54, 1.807) is 0 Å². The molecule has 0 amide bonds. The highest BCUT2D eigenvalue weighted by Crippen LogP contribution is 2.45. The first-order valence-electron chi connectivity index (χ1n) is 5.46. The third kappa shape index (κ3) is 1.89. The number of rotatable bonds is 3. The molecule has 0 radical (unpaired) electrons. The van der Waals surface area contributed by atoms with Crippen molar-refractivity contribution >= 4 is 0 Å². The standard InChI is InChI=1S/C11H23NO/c1-4-5-6-11(3)8(2)7-9(12)10(11)13/h8-10,13H,4-7,12H2,1-3H3/t8?,9-,10+,11-/m0/s1. The van der Waals surface area contributed by atoms with Crippen molar-refractivity contribution in [1.29, 1.82) is 0 Å². The Kier molecular flexibility index (Phi) is 3.36.